The number of amides is 1. The van der Waals surface area contributed by atoms with Crippen molar-refractivity contribution in [3.63, 3.8) is 0 Å². The molecule has 3 heterocycles. The van der Waals surface area contributed by atoms with Gasteiger partial charge in [-0.2, -0.15) is 18.2 Å². The van der Waals surface area contributed by atoms with Gasteiger partial charge in [0.1, 0.15) is 35.4 Å². The van der Waals surface area contributed by atoms with E-state index < -0.39 is 87.7 Å². The van der Waals surface area contributed by atoms with E-state index in [0.717, 1.165) is 16.7 Å². The van der Waals surface area contributed by atoms with Crippen LogP contribution in [0.15, 0.2) is 88.6 Å². The summed E-state index contributed by atoms with van der Waals surface area (Å²) in [5, 5.41) is 6.97. The van der Waals surface area contributed by atoms with Crippen LogP contribution in [0.2, 0.25) is 10.0 Å². The molecule has 0 bridgehead atoms. The van der Waals surface area contributed by atoms with Crippen LogP contribution in [0.25, 0.3) is 27.7 Å². The highest BCUT2D eigenvalue weighted by molar-refractivity contribution is 7.89. The summed E-state index contributed by atoms with van der Waals surface area (Å²) in [6, 6.07) is 15.8. The Morgan fingerprint density at radius 3 is 2.29 bits per heavy atom. The van der Waals surface area contributed by atoms with E-state index in [2.05, 4.69) is 10.4 Å². The Kier molecular flexibility index (Phi) is 10.7. The lowest BCUT2D eigenvalue weighted by Gasteiger charge is -2.26. The fourth-order valence-electron chi connectivity index (χ4n) is 8.44. The smallest absolute Gasteiger partial charge is 0.293 e. The molecule has 3 aliphatic rings. The third kappa shape index (κ3) is 7.44. The first-order valence-electron chi connectivity index (χ1n) is 19.2. The van der Waals surface area contributed by atoms with Crippen LogP contribution in [0.3, 0.4) is 0 Å². The Bertz CT molecular complexity index is 2920. The molecule has 322 valence electrons. The number of ether oxygens (including phenoxy) is 1. The largest absolute Gasteiger partial charge is 0.379 e. The average Bonchev–Trinajstić information content (AvgIpc) is 3.89. The molecule has 4 aromatic carbocycles. The molecule has 1 amide bonds. The zero-order valence-corrected chi connectivity index (χ0v) is 34.3. The van der Waals surface area contributed by atoms with Gasteiger partial charge in [-0.3, -0.25) is 18.8 Å². The maximum absolute atomic E-state index is 15.5. The molecule has 0 radical (unpaired) electrons. The summed E-state index contributed by atoms with van der Waals surface area (Å²) in [6.45, 7) is -0.333. The molecule has 2 fully saturated rings. The quantitative estimate of drug-likeness (QED) is 0.130. The first-order chi connectivity index (χ1) is 29.5. The minimum Gasteiger partial charge on any atom is -0.379 e. The van der Waals surface area contributed by atoms with E-state index in [1.54, 1.807) is 24.3 Å². The van der Waals surface area contributed by atoms with Gasteiger partial charge in [0.15, 0.2) is 0 Å². The standard InChI is InChI=1S/C42H32Cl2F6N6O5S/c43-30-2-1-3-31(44)35(30)22-4-9-27-32(17-22)52-40(56(41(27)58)25-5-7-26(8-6-25)62(59,60)54-10-12-61-13-11-54)33(16-21-14-23(45)18-24(46)15-21)51-34(57)20-55-38-36(37(53-55)39(47)48)28-19-29(28)42(38,49)50/h1-9,14-15,17-18,28-29,33,39H,10-13,16,19-20H2,(H,51,57). The Labute approximate surface area is 358 Å². The van der Waals surface area contributed by atoms with Crippen LogP contribution >= 0.6 is 23.2 Å². The minimum atomic E-state index is -3.99. The average molecular weight is 918 g/mol. The highest BCUT2D eigenvalue weighted by Gasteiger charge is 2.67. The van der Waals surface area contributed by atoms with Crippen LogP contribution in [0.5, 0.6) is 0 Å². The molecular formula is C42H32Cl2F6N6O5S. The number of benzene rings is 4. The van der Waals surface area contributed by atoms with Gasteiger partial charge in [-0.25, -0.2) is 31.0 Å². The second kappa shape index (κ2) is 15.8. The van der Waals surface area contributed by atoms with Gasteiger partial charge in [-0.15, -0.1) is 0 Å². The predicted molar refractivity (Wildman–Crippen MR) is 215 cm³/mol. The summed E-state index contributed by atoms with van der Waals surface area (Å²) in [7, 11) is -3.99. The molecule has 9 rings (SSSR count). The molecule has 0 spiro atoms. The molecule has 1 saturated carbocycles. The van der Waals surface area contributed by atoms with Crippen LogP contribution in [-0.2, 0) is 38.4 Å². The summed E-state index contributed by atoms with van der Waals surface area (Å²) in [6.07, 6.45) is -3.65. The van der Waals surface area contributed by atoms with Crippen LogP contribution < -0.4 is 10.9 Å². The number of aromatic nitrogens is 4. The number of fused-ring (bicyclic) bond motifs is 4. The van der Waals surface area contributed by atoms with Crippen molar-refractivity contribution in [3.8, 4) is 16.8 Å². The van der Waals surface area contributed by atoms with Crippen molar-refractivity contribution in [1.29, 1.82) is 0 Å². The number of rotatable bonds is 11. The number of halogens is 8. The van der Waals surface area contributed by atoms with Gasteiger partial charge >= 0.3 is 0 Å². The highest BCUT2D eigenvalue weighted by Crippen LogP contribution is 2.68. The van der Waals surface area contributed by atoms with E-state index in [9.17, 15) is 35.6 Å². The first-order valence-corrected chi connectivity index (χ1v) is 21.4. The number of sulfonamides is 1. The molecule has 62 heavy (non-hydrogen) atoms. The Morgan fingerprint density at radius 2 is 1.63 bits per heavy atom. The zero-order chi connectivity index (χ0) is 43.8. The Balaban J connectivity index is 1.19. The van der Waals surface area contributed by atoms with Gasteiger partial charge < -0.3 is 10.1 Å². The topological polar surface area (TPSA) is 128 Å². The number of alkyl halides is 4. The van der Waals surface area contributed by atoms with Gasteiger partial charge in [-0.05, 0) is 84.1 Å². The molecule has 1 aliphatic heterocycles. The molecule has 6 aromatic rings. The lowest BCUT2D eigenvalue weighted by molar-refractivity contribution is -0.123. The third-order valence-corrected chi connectivity index (χ3v) is 13.9. The Morgan fingerprint density at radius 1 is 0.952 bits per heavy atom. The second-order valence-corrected chi connectivity index (χ2v) is 18.0. The predicted octanol–water partition coefficient (Wildman–Crippen LogP) is 8.10. The highest BCUT2D eigenvalue weighted by atomic mass is 35.5. The molecule has 1 saturated heterocycles. The Hall–Kier alpha value is -5.27. The minimum absolute atomic E-state index is 0.000434. The van der Waals surface area contributed by atoms with Crippen molar-refractivity contribution in [3.05, 3.63) is 139 Å². The van der Waals surface area contributed by atoms with Crippen molar-refractivity contribution < 1.29 is 44.3 Å². The zero-order valence-electron chi connectivity index (χ0n) is 32.0. The van der Waals surface area contributed by atoms with E-state index >= 15 is 8.78 Å². The maximum atomic E-state index is 15.5. The molecular weight excluding hydrogens is 885 g/mol. The number of morpholine rings is 1. The number of nitrogens with zero attached hydrogens (tertiary/aromatic N) is 5. The fraction of sp³-hybridized carbons (Fsp3) is 0.286. The van der Waals surface area contributed by atoms with Crippen LogP contribution in [-0.4, -0.2) is 64.3 Å². The maximum Gasteiger partial charge on any atom is 0.293 e. The second-order valence-electron chi connectivity index (χ2n) is 15.2. The number of hydrogen-bond acceptors (Lipinski definition) is 7. The molecule has 2 aromatic heterocycles. The molecule has 2 aliphatic carbocycles. The van der Waals surface area contributed by atoms with Crippen molar-refractivity contribution >= 4 is 50.0 Å². The summed E-state index contributed by atoms with van der Waals surface area (Å²) >= 11 is 13.0. The number of carbonyl (C=O) groups is 1. The summed E-state index contributed by atoms with van der Waals surface area (Å²) in [5.41, 5.74) is -1.70. The fourth-order valence-corrected chi connectivity index (χ4v) is 10.5. The number of carbonyl (C=O) groups excluding carboxylic acids is 1. The van der Waals surface area contributed by atoms with Gasteiger partial charge in [0, 0.05) is 52.7 Å². The lowest BCUT2D eigenvalue weighted by atomic mass is 10.0. The van der Waals surface area contributed by atoms with Crippen LogP contribution in [0.4, 0.5) is 26.3 Å². The molecule has 3 atom stereocenters. The van der Waals surface area contributed by atoms with E-state index in [-0.39, 0.29) is 81.2 Å². The molecule has 11 nitrogen and oxygen atoms in total. The van der Waals surface area contributed by atoms with Crippen LogP contribution in [0, 0.1) is 17.6 Å². The molecule has 20 heteroatoms. The summed E-state index contributed by atoms with van der Waals surface area (Å²) in [4.78, 5) is 33.5. The van der Waals surface area contributed by atoms with Crippen molar-refractivity contribution in [2.24, 2.45) is 5.92 Å². The van der Waals surface area contributed by atoms with Gasteiger partial charge in [0.05, 0.1) is 40.7 Å². The van der Waals surface area contributed by atoms with E-state index in [0.29, 0.717) is 21.9 Å². The lowest BCUT2D eigenvalue weighted by Crippen LogP contribution is -2.40. The number of nitrogens with one attached hydrogen (secondary N) is 1. The van der Waals surface area contributed by atoms with Crippen molar-refractivity contribution in [2.45, 2.75) is 48.6 Å². The normalized spacial score (nSPS) is 18.8. The van der Waals surface area contributed by atoms with Crippen molar-refractivity contribution in [2.75, 3.05) is 26.3 Å². The summed E-state index contributed by atoms with van der Waals surface area (Å²) < 4.78 is 124. The van der Waals surface area contributed by atoms with Crippen molar-refractivity contribution in [1.82, 2.24) is 29.0 Å². The monoisotopic (exact) mass is 916 g/mol. The molecule has 3 unspecified atom stereocenters. The SMILES string of the molecule is O=C(Cn1nc(C(F)F)c2c1C(F)(F)C1CC21)NC(Cc1cc(F)cc(F)c1)c1nc2cc(-c3c(Cl)cccc3Cl)ccc2c(=O)n1-c1ccc(S(=O)(=O)N2CCOCC2)cc1. The first kappa shape index (κ1) is 42.1. The van der Waals surface area contributed by atoms with E-state index in [4.69, 9.17) is 32.9 Å². The van der Waals surface area contributed by atoms with Gasteiger partial charge in [0.25, 0.3) is 17.9 Å². The third-order valence-electron chi connectivity index (χ3n) is 11.3. The van der Waals surface area contributed by atoms with E-state index in [1.165, 1.54) is 40.7 Å². The van der Waals surface area contributed by atoms with E-state index in [1.807, 2.05) is 0 Å². The van der Waals surface area contributed by atoms with Gasteiger partial charge in [-0.1, -0.05) is 35.3 Å². The summed E-state index contributed by atoms with van der Waals surface area (Å²) in [5.74, 6) is -8.79. The number of hydrogen-bond donors (Lipinski definition) is 1. The van der Waals surface area contributed by atoms with Crippen LogP contribution in [0.1, 0.15) is 53.1 Å². The molecule has 1 N–H and O–H groups in total. The van der Waals surface area contributed by atoms with Gasteiger partial charge in [0.2, 0.25) is 15.9 Å².